The van der Waals surface area contributed by atoms with Crippen LogP contribution in [0.1, 0.15) is 31.4 Å². The molecule has 1 aliphatic heterocycles. The van der Waals surface area contributed by atoms with Crippen LogP contribution < -0.4 is 5.32 Å². The van der Waals surface area contributed by atoms with Gasteiger partial charge in [0.25, 0.3) is 10.0 Å². The number of nitrogens with one attached hydrogen (secondary N) is 1. The third-order valence-electron chi connectivity index (χ3n) is 4.74. The molecule has 0 saturated carbocycles. The first-order chi connectivity index (χ1) is 13.7. The number of benzene rings is 2. The lowest BCUT2D eigenvalue weighted by Crippen LogP contribution is -2.35. The van der Waals surface area contributed by atoms with Crippen molar-refractivity contribution in [3.8, 4) is 0 Å². The first-order valence-electron chi connectivity index (χ1n) is 9.44. The van der Waals surface area contributed by atoms with Gasteiger partial charge in [0.1, 0.15) is 4.90 Å². The van der Waals surface area contributed by atoms with Crippen LogP contribution in [-0.4, -0.2) is 43.9 Å². The normalized spacial score (nSPS) is 15.4. The van der Waals surface area contributed by atoms with E-state index in [0.29, 0.717) is 10.8 Å². The monoisotopic (exact) mass is 431 g/mol. The van der Waals surface area contributed by atoms with Crippen LogP contribution in [0.25, 0.3) is 0 Å². The van der Waals surface area contributed by atoms with Crippen LogP contribution in [0.2, 0.25) is 0 Å². The first kappa shape index (κ1) is 21.4. The van der Waals surface area contributed by atoms with E-state index in [1.54, 1.807) is 30.1 Å². The SMILES string of the molecule is CCC(C)Sc1ccc(NC(=O)CN(C)C2=NS(=O)(=O)c3ccccc32)c(C)c1. The number of anilines is 1. The van der Waals surface area contributed by atoms with Crippen LogP contribution in [0.3, 0.4) is 0 Å². The molecule has 29 heavy (non-hydrogen) atoms. The van der Waals surface area contributed by atoms with Gasteiger partial charge < -0.3 is 10.2 Å². The number of aryl methyl sites for hydroxylation is 1. The van der Waals surface area contributed by atoms with Crippen LogP contribution in [-0.2, 0) is 14.8 Å². The number of amidine groups is 1. The van der Waals surface area contributed by atoms with Gasteiger partial charge in [-0.3, -0.25) is 4.79 Å². The van der Waals surface area contributed by atoms with Crippen LogP contribution in [0.5, 0.6) is 0 Å². The maximum atomic E-state index is 12.6. The predicted molar refractivity (Wildman–Crippen MR) is 118 cm³/mol. The highest BCUT2D eigenvalue weighted by Gasteiger charge is 2.30. The molecule has 3 rings (SSSR count). The van der Waals surface area contributed by atoms with Crippen molar-refractivity contribution < 1.29 is 13.2 Å². The fourth-order valence-electron chi connectivity index (χ4n) is 3.01. The molecule has 1 heterocycles. The molecule has 8 heteroatoms. The topological polar surface area (TPSA) is 78.8 Å². The third-order valence-corrected chi connectivity index (χ3v) is 7.33. The molecule has 0 saturated heterocycles. The number of thioether (sulfide) groups is 1. The molecule has 1 aliphatic rings. The summed E-state index contributed by atoms with van der Waals surface area (Å²) in [7, 11) is -2.04. The highest BCUT2D eigenvalue weighted by atomic mass is 32.2. The van der Waals surface area contributed by atoms with Crippen molar-refractivity contribution >= 4 is 39.2 Å². The van der Waals surface area contributed by atoms with Crippen molar-refractivity contribution in [2.24, 2.45) is 4.40 Å². The quantitative estimate of drug-likeness (QED) is 0.702. The Balaban J connectivity index is 1.69. The number of carbonyl (C=O) groups is 1. The molecule has 0 bridgehead atoms. The molecular weight excluding hydrogens is 406 g/mol. The van der Waals surface area contributed by atoms with Gasteiger partial charge in [0.2, 0.25) is 5.91 Å². The van der Waals surface area contributed by atoms with Gasteiger partial charge in [-0.05, 0) is 49.2 Å². The predicted octanol–water partition coefficient (Wildman–Crippen LogP) is 3.91. The maximum absolute atomic E-state index is 12.6. The molecule has 0 fully saturated rings. The van der Waals surface area contributed by atoms with Crippen LogP contribution in [0.15, 0.2) is 56.7 Å². The van der Waals surface area contributed by atoms with Gasteiger partial charge in [-0.15, -0.1) is 16.2 Å². The number of hydrogen-bond acceptors (Lipinski definition) is 5. The van der Waals surface area contributed by atoms with Gasteiger partial charge in [0, 0.05) is 28.4 Å². The molecule has 1 unspecified atom stereocenters. The minimum absolute atomic E-state index is 0.00843. The largest absolute Gasteiger partial charge is 0.349 e. The maximum Gasteiger partial charge on any atom is 0.285 e. The average molecular weight is 432 g/mol. The van der Waals surface area contributed by atoms with E-state index in [9.17, 15) is 13.2 Å². The molecule has 6 nitrogen and oxygen atoms in total. The highest BCUT2D eigenvalue weighted by molar-refractivity contribution is 8.00. The van der Waals surface area contributed by atoms with E-state index in [0.717, 1.165) is 17.7 Å². The molecule has 154 valence electrons. The zero-order valence-electron chi connectivity index (χ0n) is 17.0. The third kappa shape index (κ3) is 4.82. The average Bonchev–Trinajstić information content (AvgIpc) is 2.95. The number of fused-ring (bicyclic) bond motifs is 1. The van der Waals surface area contributed by atoms with E-state index in [1.807, 2.05) is 30.8 Å². The number of likely N-dealkylation sites (N-methyl/N-ethyl adjacent to an activating group) is 1. The molecule has 0 spiro atoms. The molecule has 0 radical (unpaired) electrons. The number of sulfonamides is 1. The molecule has 1 amide bonds. The summed E-state index contributed by atoms with van der Waals surface area (Å²) in [4.78, 5) is 15.5. The Morgan fingerprint density at radius 1 is 1.24 bits per heavy atom. The van der Waals surface area contributed by atoms with Gasteiger partial charge in [0.15, 0.2) is 5.84 Å². The van der Waals surface area contributed by atoms with E-state index in [1.165, 1.54) is 11.0 Å². The summed E-state index contributed by atoms with van der Waals surface area (Å²) >= 11 is 1.81. The smallest absolute Gasteiger partial charge is 0.285 e. The molecule has 1 atom stereocenters. The number of hydrogen-bond donors (Lipinski definition) is 1. The van der Waals surface area contributed by atoms with Gasteiger partial charge in [-0.1, -0.05) is 26.0 Å². The summed E-state index contributed by atoms with van der Waals surface area (Å²) in [6.07, 6.45) is 1.09. The van der Waals surface area contributed by atoms with E-state index >= 15 is 0 Å². The van der Waals surface area contributed by atoms with Gasteiger partial charge in [-0.2, -0.15) is 8.42 Å². The van der Waals surface area contributed by atoms with Gasteiger partial charge >= 0.3 is 0 Å². The lowest BCUT2D eigenvalue weighted by molar-refractivity contribution is -0.116. The van der Waals surface area contributed by atoms with Gasteiger partial charge in [0.05, 0.1) is 6.54 Å². The first-order valence-corrected chi connectivity index (χ1v) is 11.8. The summed E-state index contributed by atoms with van der Waals surface area (Å²) in [5, 5.41) is 3.45. The highest BCUT2D eigenvalue weighted by Crippen LogP contribution is 2.29. The van der Waals surface area contributed by atoms with E-state index in [2.05, 4.69) is 29.6 Å². The molecule has 2 aromatic rings. The second kappa shape index (κ2) is 8.59. The Bertz CT molecular complexity index is 1060. The van der Waals surface area contributed by atoms with Crippen molar-refractivity contribution in [3.63, 3.8) is 0 Å². The standard InChI is InChI=1S/C21H25N3O3S2/c1-5-15(3)28-16-10-11-18(14(2)12-16)22-20(25)13-24(4)21-17-8-6-7-9-19(17)29(26,27)23-21/h6-12,15H,5,13H2,1-4H3,(H,22,25). The van der Waals surface area contributed by atoms with Crippen LogP contribution >= 0.6 is 11.8 Å². The molecule has 1 N–H and O–H groups in total. The second-order valence-electron chi connectivity index (χ2n) is 7.10. The van der Waals surface area contributed by atoms with E-state index < -0.39 is 10.0 Å². The lowest BCUT2D eigenvalue weighted by Gasteiger charge is -2.19. The van der Waals surface area contributed by atoms with Crippen molar-refractivity contribution in [2.75, 3.05) is 18.9 Å². The summed E-state index contributed by atoms with van der Waals surface area (Å²) < 4.78 is 28.3. The van der Waals surface area contributed by atoms with Crippen molar-refractivity contribution in [1.29, 1.82) is 0 Å². The van der Waals surface area contributed by atoms with E-state index in [-0.39, 0.29) is 23.2 Å². The minimum Gasteiger partial charge on any atom is -0.349 e. The number of carbonyl (C=O) groups excluding carboxylic acids is 1. The molecule has 2 aromatic carbocycles. The fraction of sp³-hybridized carbons (Fsp3) is 0.333. The molecule has 0 aromatic heterocycles. The van der Waals surface area contributed by atoms with E-state index in [4.69, 9.17) is 0 Å². The minimum atomic E-state index is -3.71. The zero-order valence-corrected chi connectivity index (χ0v) is 18.6. The summed E-state index contributed by atoms with van der Waals surface area (Å²) in [5.41, 5.74) is 2.25. The Kier molecular flexibility index (Phi) is 6.33. The van der Waals surface area contributed by atoms with Crippen LogP contribution in [0, 0.1) is 6.92 Å². The van der Waals surface area contributed by atoms with Crippen molar-refractivity contribution in [1.82, 2.24) is 4.90 Å². The number of rotatable bonds is 6. The Hall–Kier alpha value is -2.32. The Morgan fingerprint density at radius 2 is 1.97 bits per heavy atom. The van der Waals surface area contributed by atoms with Crippen molar-refractivity contribution in [2.45, 2.75) is 42.2 Å². The van der Waals surface area contributed by atoms with Crippen LogP contribution in [0.4, 0.5) is 5.69 Å². The van der Waals surface area contributed by atoms with Crippen molar-refractivity contribution in [3.05, 3.63) is 53.6 Å². The summed E-state index contributed by atoms with van der Waals surface area (Å²) in [6, 6.07) is 12.6. The lowest BCUT2D eigenvalue weighted by atomic mass is 10.2. The fourth-order valence-corrected chi connectivity index (χ4v) is 5.28. The number of amides is 1. The summed E-state index contributed by atoms with van der Waals surface area (Å²) in [6.45, 7) is 6.30. The molecular formula is C21H25N3O3S2. The Labute approximate surface area is 176 Å². The summed E-state index contributed by atoms with van der Waals surface area (Å²) in [5.74, 6) is 0.0511. The Morgan fingerprint density at radius 3 is 2.66 bits per heavy atom. The van der Waals surface area contributed by atoms with Gasteiger partial charge in [-0.25, -0.2) is 0 Å². The zero-order chi connectivity index (χ0) is 21.2. The molecule has 0 aliphatic carbocycles. The number of nitrogens with zero attached hydrogens (tertiary/aromatic N) is 2. The second-order valence-corrected chi connectivity index (χ2v) is 10.2.